The second-order valence-electron chi connectivity index (χ2n) is 7.23. The molecule has 0 aliphatic heterocycles. The van der Waals surface area contributed by atoms with Gasteiger partial charge in [0.1, 0.15) is 11.5 Å². The molecular formula is C25H35N5O. The number of nitrogen functional groups attached to an aromatic ring is 1. The molecule has 4 aromatic heterocycles. The molecule has 0 saturated heterocycles. The molecule has 0 bridgehead atoms. The van der Waals surface area contributed by atoms with E-state index in [1.165, 1.54) is 11.1 Å². The highest BCUT2D eigenvalue weighted by Gasteiger charge is 1.97. The van der Waals surface area contributed by atoms with Crippen LogP contribution >= 0.6 is 0 Å². The van der Waals surface area contributed by atoms with Crippen molar-refractivity contribution in [2.75, 3.05) is 5.73 Å². The number of nitrogens with one attached hydrogen (secondary N) is 2. The van der Waals surface area contributed by atoms with Gasteiger partial charge in [-0.2, -0.15) is 0 Å². The molecule has 31 heavy (non-hydrogen) atoms. The zero-order valence-electron chi connectivity index (χ0n) is 19.4. The van der Waals surface area contributed by atoms with Crippen molar-refractivity contribution in [1.82, 2.24) is 19.9 Å². The minimum absolute atomic E-state index is 0.0376. The van der Waals surface area contributed by atoms with Crippen molar-refractivity contribution in [3.05, 3.63) is 88.7 Å². The van der Waals surface area contributed by atoms with Gasteiger partial charge in [0.05, 0.1) is 0 Å². The smallest absolute Gasteiger partial charge is 0.247 e. The number of hydrogen-bond donors (Lipinski definition) is 3. The number of pyridine rings is 3. The van der Waals surface area contributed by atoms with Gasteiger partial charge in [0.25, 0.3) is 0 Å². The molecule has 0 unspecified atom stereocenters. The van der Waals surface area contributed by atoms with Crippen LogP contribution in [0.4, 0.5) is 5.82 Å². The minimum Gasteiger partial charge on any atom is -0.384 e. The number of aromatic amines is 2. The van der Waals surface area contributed by atoms with E-state index in [4.69, 9.17) is 5.73 Å². The van der Waals surface area contributed by atoms with Crippen molar-refractivity contribution < 1.29 is 0 Å². The first kappa shape index (κ1) is 25.6. The lowest BCUT2D eigenvalue weighted by molar-refractivity contribution is 0.855. The number of nitrogens with two attached hydrogens (primary N) is 1. The third-order valence-electron chi connectivity index (χ3n) is 4.27. The molecule has 4 N–H and O–H groups in total. The van der Waals surface area contributed by atoms with Gasteiger partial charge >= 0.3 is 0 Å². The van der Waals surface area contributed by atoms with Gasteiger partial charge in [0.15, 0.2) is 0 Å². The SMILES string of the molecule is CC.CC(C)c1ccc(=O)[nH]c1.CC(C)c1ccc(N)nc1.c1cnc2[nH]ccc2c1. The fraction of sp³-hybridized carbons (Fsp3) is 0.320. The van der Waals surface area contributed by atoms with E-state index in [-0.39, 0.29) is 5.56 Å². The third kappa shape index (κ3) is 9.30. The van der Waals surface area contributed by atoms with Gasteiger partial charge in [-0.1, -0.05) is 53.7 Å². The predicted molar refractivity (Wildman–Crippen MR) is 131 cm³/mol. The van der Waals surface area contributed by atoms with E-state index in [9.17, 15) is 4.79 Å². The molecule has 0 amide bonds. The molecule has 4 aromatic rings. The number of nitrogens with zero attached hydrogens (tertiary/aromatic N) is 2. The third-order valence-corrected chi connectivity index (χ3v) is 4.27. The summed E-state index contributed by atoms with van der Waals surface area (Å²) >= 11 is 0. The average molecular weight is 422 g/mol. The Kier molecular flexibility index (Phi) is 11.4. The van der Waals surface area contributed by atoms with Crippen LogP contribution in [0.15, 0.2) is 72.0 Å². The zero-order valence-corrected chi connectivity index (χ0v) is 19.4. The topological polar surface area (TPSA) is 100 Å². The Bertz CT molecular complexity index is 999. The normalized spacial score (nSPS) is 9.81. The highest BCUT2D eigenvalue weighted by Crippen LogP contribution is 2.12. The summed E-state index contributed by atoms with van der Waals surface area (Å²) in [4.78, 5) is 24.3. The summed E-state index contributed by atoms with van der Waals surface area (Å²) < 4.78 is 0. The molecule has 0 saturated carbocycles. The first-order valence-electron chi connectivity index (χ1n) is 10.6. The van der Waals surface area contributed by atoms with Crippen LogP contribution < -0.4 is 11.3 Å². The standard InChI is InChI=1S/C8H12N2.C8H11NO.C7H6N2.C2H6/c1-6(2)7-3-4-8(9)10-5-7;1-6(2)7-3-4-8(10)9-5-7;1-2-6-3-5-9-7(6)8-4-1;1-2/h3-6H,1-2H3,(H2,9,10);3-6H,1-2H3,(H,9,10);1-5H,(H,8,9);1-2H3. The van der Waals surface area contributed by atoms with Gasteiger partial charge in [-0.15, -0.1) is 0 Å². The number of hydrogen-bond acceptors (Lipinski definition) is 4. The van der Waals surface area contributed by atoms with E-state index < -0.39 is 0 Å². The van der Waals surface area contributed by atoms with Crippen molar-refractivity contribution in [3.63, 3.8) is 0 Å². The van der Waals surface area contributed by atoms with E-state index in [1.54, 1.807) is 18.5 Å². The molecule has 0 aromatic carbocycles. The van der Waals surface area contributed by atoms with E-state index in [0.29, 0.717) is 17.7 Å². The maximum atomic E-state index is 10.6. The van der Waals surface area contributed by atoms with Crippen molar-refractivity contribution in [2.45, 2.75) is 53.4 Å². The van der Waals surface area contributed by atoms with Crippen LogP contribution in [0.2, 0.25) is 0 Å². The Labute approximate surface area is 185 Å². The van der Waals surface area contributed by atoms with Gasteiger partial charge in [0.2, 0.25) is 5.56 Å². The van der Waals surface area contributed by atoms with Crippen molar-refractivity contribution in [3.8, 4) is 0 Å². The van der Waals surface area contributed by atoms with Crippen LogP contribution in [0.5, 0.6) is 0 Å². The molecule has 0 aliphatic rings. The Hall–Kier alpha value is -3.41. The van der Waals surface area contributed by atoms with E-state index in [0.717, 1.165) is 11.0 Å². The van der Waals surface area contributed by atoms with Gasteiger partial charge in [-0.25, -0.2) is 9.97 Å². The molecule has 0 radical (unpaired) electrons. The molecule has 4 rings (SSSR count). The molecule has 4 heterocycles. The molecule has 0 atom stereocenters. The summed E-state index contributed by atoms with van der Waals surface area (Å²) in [5.41, 5.74) is 8.73. The fourth-order valence-corrected chi connectivity index (χ4v) is 2.42. The highest BCUT2D eigenvalue weighted by molar-refractivity contribution is 5.74. The summed E-state index contributed by atoms with van der Waals surface area (Å²) in [6.45, 7) is 12.4. The number of rotatable bonds is 2. The molecule has 6 nitrogen and oxygen atoms in total. The van der Waals surface area contributed by atoms with Crippen LogP contribution in [0, 0.1) is 0 Å². The lowest BCUT2D eigenvalue weighted by Gasteiger charge is -2.02. The van der Waals surface area contributed by atoms with Crippen LogP contribution in [0.25, 0.3) is 11.0 Å². The van der Waals surface area contributed by atoms with Crippen molar-refractivity contribution in [1.29, 1.82) is 0 Å². The minimum atomic E-state index is -0.0376. The number of anilines is 1. The number of aromatic nitrogens is 4. The molecule has 0 spiro atoms. The van der Waals surface area contributed by atoms with Gasteiger partial charge in [-0.3, -0.25) is 4.79 Å². The molecule has 0 aliphatic carbocycles. The summed E-state index contributed by atoms with van der Waals surface area (Å²) in [6.07, 6.45) is 7.24. The first-order valence-corrected chi connectivity index (χ1v) is 10.6. The Balaban J connectivity index is 0.000000223. The summed E-state index contributed by atoms with van der Waals surface area (Å²) in [7, 11) is 0. The van der Waals surface area contributed by atoms with Gasteiger partial charge in [0, 0.05) is 36.2 Å². The van der Waals surface area contributed by atoms with E-state index >= 15 is 0 Å². The molecular weight excluding hydrogens is 386 g/mol. The van der Waals surface area contributed by atoms with Gasteiger partial charge in [-0.05, 0) is 47.2 Å². The van der Waals surface area contributed by atoms with Crippen molar-refractivity contribution >= 4 is 16.9 Å². The fourth-order valence-electron chi connectivity index (χ4n) is 2.42. The monoisotopic (exact) mass is 421 g/mol. The Morgan fingerprint density at radius 1 is 0.839 bits per heavy atom. The Morgan fingerprint density at radius 3 is 2.03 bits per heavy atom. The first-order chi connectivity index (χ1) is 14.9. The molecule has 6 heteroatoms. The maximum absolute atomic E-state index is 10.6. The number of fused-ring (bicyclic) bond motifs is 1. The maximum Gasteiger partial charge on any atom is 0.247 e. The van der Waals surface area contributed by atoms with Crippen LogP contribution in [0.1, 0.15) is 64.5 Å². The Morgan fingerprint density at radius 2 is 1.52 bits per heavy atom. The van der Waals surface area contributed by atoms with Crippen LogP contribution in [-0.2, 0) is 0 Å². The quantitative estimate of drug-likeness (QED) is 0.376. The average Bonchev–Trinajstić information content (AvgIpc) is 3.26. The van der Waals surface area contributed by atoms with Crippen LogP contribution in [-0.4, -0.2) is 19.9 Å². The summed E-state index contributed by atoms with van der Waals surface area (Å²) in [5.74, 6) is 1.61. The van der Waals surface area contributed by atoms with Gasteiger partial charge < -0.3 is 15.7 Å². The van der Waals surface area contributed by atoms with Crippen molar-refractivity contribution in [2.24, 2.45) is 0 Å². The summed E-state index contributed by atoms with van der Waals surface area (Å²) in [6, 6.07) is 13.2. The van der Waals surface area contributed by atoms with Crippen LogP contribution in [0.3, 0.4) is 0 Å². The summed E-state index contributed by atoms with van der Waals surface area (Å²) in [5, 5.41) is 1.16. The predicted octanol–water partition coefficient (Wildman–Crippen LogP) is 5.87. The molecule has 166 valence electrons. The molecule has 0 fully saturated rings. The highest BCUT2D eigenvalue weighted by atomic mass is 16.1. The van der Waals surface area contributed by atoms with E-state index in [2.05, 4.69) is 47.6 Å². The zero-order chi connectivity index (χ0) is 23.2. The second-order valence-corrected chi connectivity index (χ2v) is 7.23. The largest absolute Gasteiger partial charge is 0.384 e. The number of H-pyrrole nitrogens is 2. The lowest BCUT2D eigenvalue weighted by atomic mass is 10.1. The second kappa shape index (κ2) is 13.7. The lowest BCUT2D eigenvalue weighted by Crippen LogP contribution is -2.03. The van der Waals surface area contributed by atoms with E-state index in [1.807, 2.05) is 62.6 Å².